The third-order valence-corrected chi connectivity index (χ3v) is 2.87. The first kappa shape index (κ1) is 14.0. The highest BCUT2D eigenvalue weighted by molar-refractivity contribution is 5.29. The fourth-order valence-electron chi connectivity index (χ4n) is 1.96. The predicted molar refractivity (Wildman–Crippen MR) is 72.6 cm³/mol. The Labute approximate surface area is 105 Å². The van der Waals surface area contributed by atoms with Crippen LogP contribution in [0.25, 0.3) is 0 Å². The maximum Gasteiger partial charge on any atom is 0.119 e. The molecule has 0 aliphatic carbocycles. The minimum absolute atomic E-state index is 0.457. The summed E-state index contributed by atoms with van der Waals surface area (Å²) in [6.45, 7) is 3.75. The number of nitrogens with zero attached hydrogens (tertiary/aromatic N) is 1. The van der Waals surface area contributed by atoms with Crippen LogP contribution in [0.2, 0.25) is 0 Å². The van der Waals surface area contributed by atoms with Gasteiger partial charge < -0.3 is 15.0 Å². The number of benzene rings is 1. The van der Waals surface area contributed by atoms with E-state index in [2.05, 4.69) is 48.6 Å². The molecule has 1 N–H and O–H groups in total. The van der Waals surface area contributed by atoms with Crippen molar-refractivity contribution >= 4 is 0 Å². The van der Waals surface area contributed by atoms with E-state index in [0.717, 1.165) is 25.3 Å². The molecule has 1 aromatic rings. The summed E-state index contributed by atoms with van der Waals surface area (Å²) in [7, 11) is 6.23. The number of hydrogen-bond donors (Lipinski definition) is 1. The van der Waals surface area contributed by atoms with Gasteiger partial charge in [0, 0.05) is 6.04 Å². The molecule has 3 nitrogen and oxygen atoms in total. The monoisotopic (exact) mass is 236 g/mol. The van der Waals surface area contributed by atoms with Crippen molar-refractivity contribution in [3.8, 4) is 5.75 Å². The lowest BCUT2D eigenvalue weighted by Gasteiger charge is -2.25. The first-order chi connectivity index (χ1) is 8.19. The van der Waals surface area contributed by atoms with E-state index in [1.165, 1.54) is 5.56 Å². The van der Waals surface area contributed by atoms with Crippen molar-refractivity contribution in [3.05, 3.63) is 29.8 Å². The maximum absolute atomic E-state index is 5.46. The van der Waals surface area contributed by atoms with E-state index in [0.29, 0.717) is 6.04 Å². The van der Waals surface area contributed by atoms with E-state index in [4.69, 9.17) is 4.74 Å². The standard InChI is InChI=1S/C14H24N2O/c1-5-17-13-8-6-12(7-9-13)14(16(3)4)10-11-15-2/h6-9,14-15H,5,10-11H2,1-4H3. The number of rotatable bonds is 7. The van der Waals surface area contributed by atoms with Crippen LogP contribution < -0.4 is 10.1 Å². The Kier molecular flexibility index (Phi) is 6.01. The van der Waals surface area contributed by atoms with Crippen molar-refractivity contribution < 1.29 is 4.74 Å². The third kappa shape index (κ3) is 4.36. The Morgan fingerprint density at radius 1 is 1.24 bits per heavy atom. The van der Waals surface area contributed by atoms with Gasteiger partial charge in [-0.15, -0.1) is 0 Å². The van der Waals surface area contributed by atoms with Gasteiger partial charge in [0.1, 0.15) is 5.75 Å². The molecular weight excluding hydrogens is 212 g/mol. The second kappa shape index (κ2) is 7.30. The molecule has 0 amide bonds. The summed E-state index contributed by atoms with van der Waals surface area (Å²) in [5.41, 5.74) is 1.34. The van der Waals surface area contributed by atoms with Crippen molar-refractivity contribution in [2.45, 2.75) is 19.4 Å². The summed E-state index contributed by atoms with van der Waals surface area (Å²) >= 11 is 0. The molecule has 1 aromatic carbocycles. The molecule has 1 rings (SSSR count). The van der Waals surface area contributed by atoms with Crippen LogP contribution >= 0.6 is 0 Å². The molecule has 0 aromatic heterocycles. The Bertz CT molecular complexity index is 309. The van der Waals surface area contributed by atoms with Gasteiger partial charge in [-0.2, -0.15) is 0 Å². The Hall–Kier alpha value is -1.06. The van der Waals surface area contributed by atoms with Crippen LogP contribution in [-0.4, -0.2) is 39.2 Å². The van der Waals surface area contributed by atoms with Crippen LogP contribution in [0.3, 0.4) is 0 Å². The lowest BCUT2D eigenvalue weighted by atomic mass is 10.0. The van der Waals surface area contributed by atoms with Gasteiger partial charge >= 0.3 is 0 Å². The van der Waals surface area contributed by atoms with E-state index in [-0.39, 0.29) is 0 Å². The molecular formula is C14H24N2O. The molecule has 0 saturated heterocycles. The van der Waals surface area contributed by atoms with E-state index < -0.39 is 0 Å². The highest BCUT2D eigenvalue weighted by atomic mass is 16.5. The van der Waals surface area contributed by atoms with Crippen LogP contribution in [0.1, 0.15) is 24.9 Å². The van der Waals surface area contributed by atoms with Gasteiger partial charge in [-0.25, -0.2) is 0 Å². The average Bonchev–Trinajstić information content (AvgIpc) is 2.31. The van der Waals surface area contributed by atoms with E-state index in [9.17, 15) is 0 Å². The minimum Gasteiger partial charge on any atom is -0.494 e. The molecule has 0 radical (unpaired) electrons. The van der Waals surface area contributed by atoms with Gasteiger partial charge in [-0.05, 0) is 58.7 Å². The SMILES string of the molecule is CCOc1ccc(C(CCNC)N(C)C)cc1. The summed E-state index contributed by atoms with van der Waals surface area (Å²) in [6, 6.07) is 8.87. The summed E-state index contributed by atoms with van der Waals surface area (Å²) < 4.78 is 5.46. The summed E-state index contributed by atoms with van der Waals surface area (Å²) in [5, 5.41) is 3.20. The van der Waals surface area contributed by atoms with Gasteiger partial charge in [0.05, 0.1) is 6.61 Å². The minimum atomic E-state index is 0.457. The van der Waals surface area contributed by atoms with Gasteiger partial charge in [0.2, 0.25) is 0 Å². The summed E-state index contributed by atoms with van der Waals surface area (Å²) in [6.07, 6.45) is 1.11. The van der Waals surface area contributed by atoms with Gasteiger partial charge in [0.15, 0.2) is 0 Å². The van der Waals surface area contributed by atoms with Gasteiger partial charge in [-0.1, -0.05) is 12.1 Å². The zero-order valence-corrected chi connectivity index (χ0v) is 11.4. The van der Waals surface area contributed by atoms with Crippen molar-refractivity contribution in [2.24, 2.45) is 0 Å². The normalized spacial score (nSPS) is 12.8. The van der Waals surface area contributed by atoms with Crippen molar-refractivity contribution in [1.29, 1.82) is 0 Å². The molecule has 0 saturated carbocycles. The van der Waals surface area contributed by atoms with Crippen molar-refractivity contribution in [3.63, 3.8) is 0 Å². The summed E-state index contributed by atoms with van der Waals surface area (Å²) in [4.78, 5) is 2.26. The molecule has 0 fully saturated rings. The first-order valence-electron chi connectivity index (χ1n) is 6.22. The fraction of sp³-hybridized carbons (Fsp3) is 0.571. The predicted octanol–water partition coefficient (Wildman–Crippen LogP) is 2.30. The Balaban J connectivity index is 2.72. The van der Waals surface area contributed by atoms with Gasteiger partial charge in [0.25, 0.3) is 0 Å². The second-order valence-electron chi connectivity index (χ2n) is 4.37. The average molecular weight is 236 g/mol. The zero-order chi connectivity index (χ0) is 12.7. The molecule has 0 heterocycles. The maximum atomic E-state index is 5.46. The lowest BCUT2D eigenvalue weighted by molar-refractivity contribution is 0.282. The van der Waals surface area contributed by atoms with Crippen LogP contribution in [0.15, 0.2) is 24.3 Å². The quantitative estimate of drug-likeness (QED) is 0.786. The zero-order valence-electron chi connectivity index (χ0n) is 11.4. The fourth-order valence-corrected chi connectivity index (χ4v) is 1.96. The molecule has 0 bridgehead atoms. The van der Waals surface area contributed by atoms with E-state index >= 15 is 0 Å². The first-order valence-corrected chi connectivity index (χ1v) is 6.22. The highest BCUT2D eigenvalue weighted by Gasteiger charge is 2.13. The largest absolute Gasteiger partial charge is 0.494 e. The Morgan fingerprint density at radius 3 is 2.35 bits per heavy atom. The molecule has 1 atom stereocenters. The second-order valence-corrected chi connectivity index (χ2v) is 4.37. The van der Waals surface area contributed by atoms with Crippen LogP contribution in [-0.2, 0) is 0 Å². The number of hydrogen-bond acceptors (Lipinski definition) is 3. The molecule has 1 unspecified atom stereocenters. The van der Waals surface area contributed by atoms with Crippen LogP contribution in [0, 0.1) is 0 Å². The third-order valence-electron chi connectivity index (χ3n) is 2.87. The topological polar surface area (TPSA) is 24.5 Å². The summed E-state index contributed by atoms with van der Waals surface area (Å²) in [5.74, 6) is 0.947. The number of nitrogens with one attached hydrogen (secondary N) is 1. The molecule has 3 heteroatoms. The van der Waals surface area contributed by atoms with E-state index in [1.54, 1.807) is 0 Å². The van der Waals surface area contributed by atoms with Crippen LogP contribution in [0.4, 0.5) is 0 Å². The van der Waals surface area contributed by atoms with Gasteiger partial charge in [-0.3, -0.25) is 0 Å². The molecule has 96 valence electrons. The Morgan fingerprint density at radius 2 is 1.88 bits per heavy atom. The van der Waals surface area contributed by atoms with Crippen LogP contribution in [0.5, 0.6) is 5.75 Å². The molecule has 0 aliphatic heterocycles. The lowest BCUT2D eigenvalue weighted by Crippen LogP contribution is -2.23. The molecule has 17 heavy (non-hydrogen) atoms. The van der Waals surface area contributed by atoms with Crippen molar-refractivity contribution in [2.75, 3.05) is 34.3 Å². The molecule has 0 spiro atoms. The van der Waals surface area contributed by atoms with Crippen molar-refractivity contribution in [1.82, 2.24) is 10.2 Å². The van der Waals surface area contributed by atoms with E-state index in [1.807, 2.05) is 14.0 Å². The smallest absolute Gasteiger partial charge is 0.119 e. The number of ether oxygens (including phenoxy) is 1. The molecule has 0 aliphatic rings. The highest BCUT2D eigenvalue weighted by Crippen LogP contribution is 2.23.